The Kier molecular flexibility index (Phi) is 5.17. The molecule has 0 unspecified atom stereocenters. The highest BCUT2D eigenvalue weighted by Gasteiger charge is 2.24. The number of hydrogen-bond acceptors (Lipinski definition) is 4. The summed E-state index contributed by atoms with van der Waals surface area (Å²) >= 11 is 1.30. The van der Waals surface area contributed by atoms with E-state index >= 15 is 0 Å². The molecule has 0 aliphatic carbocycles. The summed E-state index contributed by atoms with van der Waals surface area (Å²) in [5, 5.41) is 1.78. The monoisotopic (exact) mass is 397 g/mol. The second kappa shape index (κ2) is 7.75. The minimum atomic E-state index is -0.441. The average molecular weight is 398 g/mol. The predicted octanol–water partition coefficient (Wildman–Crippen LogP) is 2.24. The molecule has 28 heavy (non-hydrogen) atoms. The molecule has 1 aromatic carbocycles. The fourth-order valence-corrected chi connectivity index (χ4v) is 4.79. The van der Waals surface area contributed by atoms with Crippen LogP contribution in [0.25, 0.3) is 10.2 Å². The number of benzene rings is 1. The van der Waals surface area contributed by atoms with E-state index in [2.05, 4.69) is 24.3 Å². The van der Waals surface area contributed by atoms with Crippen molar-refractivity contribution >= 4 is 27.5 Å². The fourth-order valence-electron chi connectivity index (χ4n) is 3.92. The van der Waals surface area contributed by atoms with E-state index in [4.69, 9.17) is 0 Å². The van der Waals surface area contributed by atoms with Gasteiger partial charge in [-0.3, -0.25) is 18.7 Å². The lowest BCUT2D eigenvalue weighted by Crippen LogP contribution is -2.44. The molecule has 0 spiro atoms. The number of carbonyl (C=O) groups is 1. The summed E-state index contributed by atoms with van der Waals surface area (Å²) in [6.45, 7) is 1.40. The Morgan fingerprint density at radius 3 is 2.54 bits per heavy atom. The number of rotatable bonds is 4. The van der Waals surface area contributed by atoms with Crippen molar-refractivity contribution in [2.75, 3.05) is 13.1 Å². The van der Waals surface area contributed by atoms with E-state index in [1.807, 2.05) is 11.0 Å². The summed E-state index contributed by atoms with van der Waals surface area (Å²) in [5.41, 5.74) is 1.14. The molecule has 0 saturated carbocycles. The van der Waals surface area contributed by atoms with Crippen molar-refractivity contribution in [1.82, 2.24) is 14.0 Å². The number of fused-ring (bicyclic) bond motifs is 1. The number of likely N-dealkylation sites (tertiary alicyclic amines) is 1. The smallest absolute Gasteiger partial charge is 0.331 e. The van der Waals surface area contributed by atoms with E-state index in [1.54, 1.807) is 11.4 Å². The first kappa shape index (κ1) is 18.7. The average Bonchev–Trinajstić information content (AvgIpc) is 3.20. The largest absolute Gasteiger partial charge is 0.341 e. The summed E-state index contributed by atoms with van der Waals surface area (Å²) in [6.07, 6.45) is 2.98. The number of aromatic nitrogens is 2. The summed E-state index contributed by atoms with van der Waals surface area (Å²) in [6, 6.07) is 12.2. The molecule has 1 amide bonds. The molecule has 7 heteroatoms. The number of hydrogen-bond donors (Lipinski definition) is 0. The van der Waals surface area contributed by atoms with Crippen LogP contribution in [0.5, 0.6) is 0 Å². The van der Waals surface area contributed by atoms with Gasteiger partial charge in [0.05, 0.1) is 5.52 Å². The molecule has 4 rings (SSSR count). The molecule has 6 nitrogen and oxygen atoms in total. The van der Waals surface area contributed by atoms with E-state index in [-0.39, 0.29) is 18.0 Å². The molecule has 146 valence electrons. The summed E-state index contributed by atoms with van der Waals surface area (Å²) < 4.78 is 3.01. The molecule has 1 aliphatic heterocycles. The van der Waals surface area contributed by atoms with Gasteiger partial charge in [0.2, 0.25) is 5.91 Å². The third-order valence-electron chi connectivity index (χ3n) is 5.58. The van der Waals surface area contributed by atoms with Crippen molar-refractivity contribution in [3.63, 3.8) is 0 Å². The highest BCUT2D eigenvalue weighted by molar-refractivity contribution is 7.17. The van der Waals surface area contributed by atoms with Crippen molar-refractivity contribution in [2.45, 2.75) is 25.8 Å². The van der Waals surface area contributed by atoms with Crippen LogP contribution in [-0.2, 0) is 24.8 Å². The van der Waals surface area contributed by atoms with E-state index < -0.39 is 5.69 Å². The van der Waals surface area contributed by atoms with Crippen molar-refractivity contribution in [2.24, 2.45) is 13.0 Å². The lowest BCUT2D eigenvalue weighted by Gasteiger charge is -2.32. The van der Waals surface area contributed by atoms with Gasteiger partial charge in [0.1, 0.15) is 11.2 Å². The Labute approximate surface area is 166 Å². The molecule has 1 aliphatic rings. The molecule has 1 saturated heterocycles. The van der Waals surface area contributed by atoms with Crippen molar-refractivity contribution < 1.29 is 4.79 Å². The second-order valence-electron chi connectivity index (χ2n) is 7.38. The summed E-state index contributed by atoms with van der Waals surface area (Å²) in [5.74, 6) is 0.515. The molecule has 3 heterocycles. The van der Waals surface area contributed by atoms with Crippen LogP contribution in [0, 0.1) is 5.92 Å². The van der Waals surface area contributed by atoms with Crippen molar-refractivity contribution in [3.05, 3.63) is 68.2 Å². The van der Waals surface area contributed by atoms with Crippen LogP contribution in [0.1, 0.15) is 18.4 Å². The van der Waals surface area contributed by atoms with Crippen LogP contribution in [0.4, 0.5) is 0 Å². The Hall–Kier alpha value is -2.67. The molecule has 0 atom stereocenters. The summed E-state index contributed by atoms with van der Waals surface area (Å²) in [4.78, 5) is 39.4. The zero-order valence-corrected chi connectivity index (χ0v) is 16.7. The van der Waals surface area contributed by atoms with E-state index in [0.717, 1.165) is 23.8 Å². The number of amides is 1. The first-order chi connectivity index (χ1) is 13.5. The second-order valence-corrected chi connectivity index (χ2v) is 8.30. The van der Waals surface area contributed by atoms with Gasteiger partial charge in [-0.15, -0.1) is 11.3 Å². The summed E-state index contributed by atoms with van der Waals surface area (Å²) in [7, 11) is 1.46. The van der Waals surface area contributed by atoms with E-state index in [9.17, 15) is 14.4 Å². The predicted molar refractivity (Wildman–Crippen MR) is 111 cm³/mol. The first-order valence-corrected chi connectivity index (χ1v) is 10.4. The Morgan fingerprint density at radius 2 is 1.82 bits per heavy atom. The third-order valence-corrected chi connectivity index (χ3v) is 6.47. The molecular weight excluding hydrogens is 374 g/mol. The molecule has 0 bridgehead atoms. The van der Waals surface area contributed by atoms with Gasteiger partial charge in [-0.1, -0.05) is 30.3 Å². The minimum Gasteiger partial charge on any atom is -0.341 e. The zero-order valence-electron chi connectivity index (χ0n) is 15.8. The maximum atomic E-state index is 12.8. The van der Waals surface area contributed by atoms with Crippen LogP contribution in [0.2, 0.25) is 0 Å². The van der Waals surface area contributed by atoms with Crippen LogP contribution >= 0.6 is 11.3 Å². The van der Waals surface area contributed by atoms with Crippen molar-refractivity contribution in [1.29, 1.82) is 0 Å². The van der Waals surface area contributed by atoms with Gasteiger partial charge in [0, 0.05) is 20.1 Å². The molecular formula is C21H23N3O3S. The number of carbonyl (C=O) groups excluding carboxylic acids is 1. The maximum absolute atomic E-state index is 12.8. The van der Waals surface area contributed by atoms with Gasteiger partial charge in [-0.2, -0.15) is 0 Å². The SMILES string of the molecule is Cn1c(=O)c2sccc2n(CC(=O)N2CCC(Cc3ccccc3)CC2)c1=O. The highest BCUT2D eigenvalue weighted by atomic mass is 32.1. The van der Waals surface area contributed by atoms with Gasteiger partial charge in [0.15, 0.2) is 0 Å². The third kappa shape index (κ3) is 3.54. The minimum absolute atomic E-state index is 0.0243. The van der Waals surface area contributed by atoms with Crippen LogP contribution < -0.4 is 11.2 Å². The van der Waals surface area contributed by atoms with Crippen LogP contribution in [-0.4, -0.2) is 33.0 Å². The lowest BCUT2D eigenvalue weighted by atomic mass is 9.90. The number of nitrogens with zero attached hydrogens (tertiary/aromatic N) is 3. The Bertz CT molecular complexity index is 1110. The lowest BCUT2D eigenvalue weighted by molar-refractivity contribution is -0.133. The zero-order chi connectivity index (χ0) is 19.7. The highest BCUT2D eigenvalue weighted by Crippen LogP contribution is 2.22. The van der Waals surface area contributed by atoms with Crippen LogP contribution in [0.3, 0.4) is 0 Å². The molecule has 2 aromatic heterocycles. The standard InChI is InChI=1S/C21H23N3O3S/c1-22-20(26)19-17(9-12-28-19)24(21(22)27)14-18(25)23-10-7-16(8-11-23)13-15-5-3-2-4-6-15/h2-6,9,12,16H,7-8,10-11,13-14H2,1H3. The first-order valence-electron chi connectivity index (χ1n) is 9.53. The van der Waals surface area contributed by atoms with Crippen LogP contribution in [0.15, 0.2) is 51.4 Å². The van der Waals surface area contributed by atoms with Crippen molar-refractivity contribution in [3.8, 4) is 0 Å². The van der Waals surface area contributed by atoms with Gasteiger partial charge < -0.3 is 4.90 Å². The van der Waals surface area contributed by atoms with Gasteiger partial charge in [-0.05, 0) is 42.2 Å². The van der Waals surface area contributed by atoms with Gasteiger partial charge in [0.25, 0.3) is 5.56 Å². The van der Waals surface area contributed by atoms with Gasteiger partial charge >= 0.3 is 5.69 Å². The maximum Gasteiger partial charge on any atom is 0.331 e. The fraction of sp³-hybridized carbons (Fsp3) is 0.381. The number of thiophene rings is 1. The quantitative estimate of drug-likeness (QED) is 0.678. The molecule has 3 aromatic rings. The van der Waals surface area contributed by atoms with E-state index in [0.29, 0.717) is 29.2 Å². The normalized spacial score (nSPS) is 15.2. The number of piperidine rings is 1. The molecule has 0 N–H and O–H groups in total. The Morgan fingerprint density at radius 1 is 1.11 bits per heavy atom. The van der Waals surface area contributed by atoms with Gasteiger partial charge in [-0.25, -0.2) is 4.79 Å². The molecule has 1 fully saturated rings. The Balaban J connectivity index is 1.44. The molecule has 0 radical (unpaired) electrons. The topological polar surface area (TPSA) is 64.3 Å². The van der Waals surface area contributed by atoms with E-state index in [1.165, 1.54) is 28.5 Å².